The van der Waals surface area contributed by atoms with Gasteiger partial charge in [0, 0.05) is 40.9 Å². The Morgan fingerprint density at radius 1 is 1.44 bits per heavy atom. The van der Waals surface area contributed by atoms with Crippen LogP contribution in [0.3, 0.4) is 0 Å². The number of methoxy groups -OCH3 is 1. The van der Waals surface area contributed by atoms with Gasteiger partial charge < -0.3 is 9.64 Å². The Bertz CT molecular complexity index is 416. The second-order valence-corrected chi connectivity index (χ2v) is 6.29. The van der Waals surface area contributed by atoms with Gasteiger partial charge in [-0.2, -0.15) is 0 Å². The molecule has 100 valence electrons. The maximum atomic E-state index is 12.0. The predicted octanol–water partition coefficient (Wildman–Crippen LogP) is 1.97. The Hall–Kier alpha value is -0.430. The Balaban J connectivity index is 2.18. The highest BCUT2D eigenvalue weighted by Crippen LogP contribution is 2.31. The van der Waals surface area contributed by atoms with Gasteiger partial charge in [-0.3, -0.25) is 4.90 Å². The molecule has 0 aromatic carbocycles. The van der Waals surface area contributed by atoms with Crippen LogP contribution >= 0.6 is 27.3 Å². The van der Waals surface area contributed by atoms with Crippen LogP contribution in [-0.4, -0.2) is 56.1 Å². The van der Waals surface area contributed by atoms with Gasteiger partial charge in [-0.15, -0.1) is 11.3 Å². The normalized spacial score (nSPS) is 19.7. The number of hydrogen-bond donors (Lipinski definition) is 0. The second-order valence-electron chi connectivity index (χ2n) is 4.43. The quantitative estimate of drug-likeness (QED) is 0.792. The number of carbonyl (C=O) groups excluding carboxylic acids is 1. The minimum Gasteiger partial charge on any atom is -0.468 e. The first-order valence-electron chi connectivity index (χ1n) is 5.86. The molecule has 0 amide bonds. The number of rotatable bonds is 3. The number of carbonyl (C=O) groups is 1. The van der Waals surface area contributed by atoms with Crippen LogP contribution in [0.5, 0.6) is 0 Å². The van der Waals surface area contributed by atoms with Gasteiger partial charge in [0.05, 0.1) is 7.11 Å². The lowest BCUT2D eigenvalue weighted by atomic mass is 10.1. The fourth-order valence-electron chi connectivity index (χ4n) is 2.11. The molecule has 1 atom stereocenters. The van der Waals surface area contributed by atoms with Crippen LogP contribution in [0.4, 0.5) is 0 Å². The number of esters is 1. The molecule has 0 radical (unpaired) electrons. The van der Waals surface area contributed by atoms with E-state index in [1.54, 1.807) is 11.3 Å². The average molecular weight is 333 g/mol. The number of ether oxygens (including phenoxy) is 1. The van der Waals surface area contributed by atoms with Crippen molar-refractivity contribution in [2.24, 2.45) is 0 Å². The third-order valence-electron chi connectivity index (χ3n) is 3.18. The number of hydrogen-bond acceptors (Lipinski definition) is 5. The predicted molar refractivity (Wildman–Crippen MR) is 75.8 cm³/mol. The van der Waals surface area contributed by atoms with Crippen LogP contribution in [0.15, 0.2) is 15.9 Å². The molecular weight excluding hydrogens is 316 g/mol. The Labute approximate surface area is 120 Å². The number of halogens is 1. The summed E-state index contributed by atoms with van der Waals surface area (Å²) in [5, 5.41) is 2.00. The number of thiophene rings is 1. The van der Waals surface area contributed by atoms with E-state index in [1.165, 1.54) is 7.11 Å². The van der Waals surface area contributed by atoms with Crippen LogP contribution in [0.1, 0.15) is 10.9 Å². The lowest BCUT2D eigenvalue weighted by Crippen LogP contribution is -2.47. The van der Waals surface area contributed by atoms with E-state index in [4.69, 9.17) is 4.74 Å². The average Bonchev–Trinajstić information content (AvgIpc) is 2.78. The van der Waals surface area contributed by atoms with Crippen LogP contribution in [0, 0.1) is 0 Å². The molecule has 1 unspecified atom stereocenters. The number of nitrogens with zero attached hydrogens (tertiary/aromatic N) is 2. The minimum atomic E-state index is -0.264. The standard InChI is InChI=1S/C12H17BrN2O2S/c1-14-3-5-15(6-4-14)11(12(16)17-2)10-7-9(13)8-18-10/h7-8,11H,3-6H2,1-2H3. The summed E-state index contributed by atoms with van der Waals surface area (Å²) >= 11 is 5.03. The van der Waals surface area contributed by atoms with E-state index >= 15 is 0 Å². The molecule has 1 aromatic heterocycles. The van der Waals surface area contributed by atoms with Crippen LogP contribution in [0.25, 0.3) is 0 Å². The molecule has 1 fully saturated rings. The van der Waals surface area contributed by atoms with E-state index in [0.717, 1.165) is 35.5 Å². The van der Waals surface area contributed by atoms with Gasteiger partial charge in [-0.05, 0) is 29.0 Å². The van der Waals surface area contributed by atoms with Crippen molar-refractivity contribution in [1.29, 1.82) is 0 Å². The molecule has 0 N–H and O–H groups in total. The molecule has 0 saturated carbocycles. The van der Waals surface area contributed by atoms with E-state index in [0.29, 0.717) is 0 Å². The van der Waals surface area contributed by atoms with Gasteiger partial charge in [0.2, 0.25) is 0 Å². The maximum absolute atomic E-state index is 12.0. The van der Waals surface area contributed by atoms with Crippen molar-refractivity contribution in [3.63, 3.8) is 0 Å². The smallest absolute Gasteiger partial charge is 0.328 e. The fourth-order valence-corrected chi connectivity index (χ4v) is 3.67. The molecule has 0 bridgehead atoms. The minimum absolute atomic E-state index is 0.172. The van der Waals surface area contributed by atoms with Gasteiger partial charge in [-0.25, -0.2) is 4.79 Å². The van der Waals surface area contributed by atoms with Gasteiger partial charge >= 0.3 is 5.97 Å². The van der Waals surface area contributed by atoms with Crippen molar-refractivity contribution in [3.05, 3.63) is 20.8 Å². The topological polar surface area (TPSA) is 32.8 Å². The first kappa shape index (κ1) is 14.0. The molecule has 4 nitrogen and oxygen atoms in total. The summed E-state index contributed by atoms with van der Waals surface area (Å²) in [6.45, 7) is 3.76. The lowest BCUT2D eigenvalue weighted by Gasteiger charge is -2.36. The van der Waals surface area contributed by atoms with E-state index in [1.807, 2.05) is 11.4 Å². The molecule has 6 heteroatoms. The lowest BCUT2D eigenvalue weighted by molar-refractivity contribution is -0.147. The highest BCUT2D eigenvalue weighted by Gasteiger charge is 2.31. The van der Waals surface area contributed by atoms with Gasteiger partial charge in [-0.1, -0.05) is 0 Å². The van der Waals surface area contributed by atoms with Gasteiger partial charge in [0.1, 0.15) is 6.04 Å². The zero-order chi connectivity index (χ0) is 13.1. The molecular formula is C12H17BrN2O2S. The van der Waals surface area contributed by atoms with Gasteiger partial charge in [0.25, 0.3) is 0 Å². The van der Waals surface area contributed by atoms with E-state index in [2.05, 4.69) is 32.8 Å². The van der Waals surface area contributed by atoms with Crippen LogP contribution in [0.2, 0.25) is 0 Å². The molecule has 18 heavy (non-hydrogen) atoms. The molecule has 1 aromatic rings. The Morgan fingerprint density at radius 3 is 2.61 bits per heavy atom. The third-order valence-corrected chi connectivity index (χ3v) is 4.93. The molecule has 0 spiro atoms. The van der Waals surface area contributed by atoms with E-state index in [-0.39, 0.29) is 12.0 Å². The van der Waals surface area contributed by atoms with Crippen molar-refractivity contribution >= 4 is 33.2 Å². The number of likely N-dealkylation sites (N-methyl/N-ethyl adjacent to an activating group) is 1. The highest BCUT2D eigenvalue weighted by molar-refractivity contribution is 9.10. The summed E-state index contributed by atoms with van der Waals surface area (Å²) in [5.74, 6) is -0.172. The molecule has 0 aliphatic carbocycles. The summed E-state index contributed by atoms with van der Waals surface area (Å²) in [4.78, 5) is 17.5. The summed E-state index contributed by atoms with van der Waals surface area (Å²) in [6.07, 6.45) is 0. The van der Waals surface area contributed by atoms with Crippen molar-refractivity contribution in [2.75, 3.05) is 40.3 Å². The first-order valence-corrected chi connectivity index (χ1v) is 7.53. The van der Waals surface area contributed by atoms with Crippen molar-refractivity contribution in [1.82, 2.24) is 9.80 Å². The van der Waals surface area contributed by atoms with Crippen molar-refractivity contribution in [2.45, 2.75) is 6.04 Å². The largest absolute Gasteiger partial charge is 0.468 e. The Kier molecular flexibility index (Phi) is 4.77. The Morgan fingerprint density at radius 2 is 2.11 bits per heavy atom. The van der Waals surface area contributed by atoms with Crippen LogP contribution in [-0.2, 0) is 9.53 Å². The summed E-state index contributed by atoms with van der Waals surface area (Å²) in [6, 6.07) is 1.74. The summed E-state index contributed by atoms with van der Waals surface area (Å²) < 4.78 is 5.97. The molecule has 1 saturated heterocycles. The zero-order valence-corrected chi connectivity index (χ0v) is 13.0. The zero-order valence-electron chi connectivity index (χ0n) is 10.6. The summed E-state index contributed by atoms with van der Waals surface area (Å²) in [7, 11) is 3.56. The fraction of sp³-hybridized carbons (Fsp3) is 0.583. The highest BCUT2D eigenvalue weighted by atomic mass is 79.9. The second kappa shape index (κ2) is 6.14. The third kappa shape index (κ3) is 3.12. The van der Waals surface area contributed by atoms with Crippen molar-refractivity contribution in [3.8, 4) is 0 Å². The monoisotopic (exact) mass is 332 g/mol. The van der Waals surface area contributed by atoms with E-state index in [9.17, 15) is 4.79 Å². The maximum Gasteiger partial charge on any atom is 0.328 e. The van der Waals surface area contributed by atoms with Gasteiger partial charge in [0.15, 0.2) is 0 Å². The SMILES string of the molecule is COC(=O)C(c1cc(Br)cs1)N1CCN(C)CC1. The summed E-state index contributed by atoms with van der Waals surface area (Å²) in [5.41, 5.74) is 0. The van der Waals surface area contributed by atoms with Crippen molar-refractivity contribution < 1.29 is 9.53 Å². The molecule has 2 rings (SSSR count). The number of piperazine rings is 1. The van der Waals surface area contributed by atoms with E-state index < -0.39 is 0 Å². The molecule has 1 aliphatic rings. The molecule has 2 heterocycles. The van der Waals surface area contributed by atoms with Crippen LogP contribution < -0.4 is 0 Å². The first-order chi connectivity index (χ1) is 8.61. The molecule has 1 aliphatic heterocycles.